The van der Waals surface area contributed by atoms with Gasteiger partial charge in [-0.05, 0) is 65.9 Å². The lowest BCUT2D eigenvalue weighted by molar-refractivity contribution is 0.0646. The van der Waals surface area contributed by atoms with Gasteiger partial charge in [0.25, 0.3) is 11.8 Å². The van der Waals surface area contributed by atoms with Crippen LogP contribution in [0.2, 0.25) is 0 Å². The molecule has 0 radical (unpaired) electrons. The number of halogens is 2. The molecule has 32 heavy (non-hydrogen) atoms. The zero-order chi connectivity index (χ0) is 23.3. The number of rotatable bonds is 5. The van der Waals surface area contributed by atoms with Crippen molar-refractivity contribution in [3.8, 4) is 0 Å². The largest absolute Gasteiger partial charge is 0.330 e. The van der Waals surface area contributed by atoms with Crippen molar-refractivity contribution in [3.05, 3.63) is 107 Å². The minimum Gasteiger partial charge on any atom is -0.330 e. The normalized spacial score (nSPS) is 14.5. The highest BCUT2D eigenvalue weighted by Crippen LogP contribution is 2.26. The van der Waals surface area contributed by atoms with Gasteiger partial charge >= 0.3 is 0 Å². The van der Waals surface area contributed by atoms with E-state index in [0.29, 0.717) is 23.6 Å². The second-order valence-corrected chi connectivity index (χ2v) is 7.91. The lowest BCUT2D eigenvalue weighted by Crippen LogP contribution is -2.33. The first kappa shape index (κ1) is 23.3. The highest BCUT2D eigenvalue weighted by atomic mass is 19.1. The summed E-state index contributed by atoms with van der Waals surface area (Å²) in [6.45, 7) is 4.83. The Kier molecular flexibility index (Phi) is 7.49. The third-order valence-corrected chi connectivity index (χ3v) is 5.57. The molecule has 0 fully saturated rings. The highest BCUT2D eigenvalue weighted by Gasteiger charge is 2.35. The van der Waals surface area contributed by atoms with Crippen LogP contribution in [-0.2, 0) is 0 Å². The van der Waals surface area contributed by atoms with E-state index < -0.39 is 0 Å². The molecule has 2 N–H and O–H groups in total. The minimum absolute atomic E-state index is 0.0483. The molecule has 0 bridgehead atoms. The summed E-state index contributed by atoms with van der Waals surface area (Å²) in [5.74, 6) is -0.748. The van der Waals surface area contributed by atoms with Gasteiger partial charge in [-0.15, -0.1) is 0 Å². The second-order valence-electron chi connectivity index (χ2n) is 7.91. The summed E-state index contributed by atoms with van der Waals surface area (Å²) in [5.41, 5.74) is 8.34. The third-order valence-electron chi connectivity index (χ3n) is 5.57. The average Bonchev–Trinajstić information content (AvgIpc) is 3.05. The van der Waals surface area contributed by atoms with Gasteiger partial charge in [-0.1, -0.05) is 50.2 Å². The Morgan fingerprint density at radius 3 is 1.53 bits per heavy atom. The first-order chi connectivity index (χ1) is 15.3. The van der Waals surface area contributed by atoms with E-state index in [-0.39, 0.29) is 35.9 Å². The maximum atomic E-state index is 12.9. The summed E-state index contributed by atoms with van der Waals surface area (Å²) < 4.78 is 25.4. The van der Waals surface area contributed by atoms with Gasteiger partial charge in [-0.3, -0.25) is 14.5 Å². The van der Waals surface area contributed by atoms with Gasteiger partial charge < -0.3 is 5.73 Å². The van der Waals surface area contributed by atoms with Crippen LogP contribution in [-0.4, -0.2) is 29.8 Å². The number of carbonyl (C=O) groups excluding carboxylic acids is 2. The number of carbonyl (C=O) groups is 2. The van der Waals surface area contributed by atoms with Gasteiger partial charge in [0.2, 0.25) is 0 Å². The number of benzene rings is 3. The minimum atomic E-state index is -0.299. The Hall–Kier alpha value is -3.38. The van der Waals surface area contributed by atoms with Crippen LogP contribution < -0.4 is 5.73 Å². The van der Waals surface area contributed by atoms with E-state index in [1.807, 2.05) is 13.8 Å². The van der Waals surface area contributed by atoms with E-state index in [0.717, 1.165) is 11.1 Å². The van der Waals surface area contributed by atoms with E-state index in [9.17, 15) is 18.4 Å². The number of nitrogens with two attached hydrogens (primary N) is 1. The lowest BCUT2D eigenvalue weighted by atomic mass is 10.0. The molecule has 3 aromatic rings. The van der Waals surface area contributed by atoms with Gasteiger partial charge in [0.1, 0.15) is 11.6 Å². The van der Waals surface area contributed by atoms with Gasteiger partial charge in [0.05, 0.1) is 11.1 Å². The number of imide groups is 1. The number of nitrogens with zero attached hydrogens (tertiary/aromatic N) is 1. The van der Waals surface area contributed by atoms with Crippen LogP contribution in [0.5, 0.6) is 0 Å². The molecule has 166 valence electrons. The molecule has 4 rings (SSSR count). The molecule has 0 aromatic heterocycles. The molecule has 0 saturated heterocycles. The molecule has 6 heteroatoms. The van der Waals surface area contributed by atoms with Crippen molar-refractivity contribution in [3.63, 3.8) is 0 Å². The van der Waals surface area contributed by atoms with Crippen molar-refractivity contribution in [2.75, 3.05) is 13.1 Å². The molecule has 0 spiro atoms. The van der Waals surface area contributed by atoms with Crippen LogP contribution >= 0.6 is 0 Å². The summed E-state index contributed by atoms with van der Waals surface area (Å²) in [5, 5.41) is 0. The van der Waals surface area contributed by atoms with E-state index in [2.05, 4.69) is 0 Å². The van der Waals surface area contributed by atoms with Crippen LogP contribution in [0.3, 0.4) is 0 Å². The maximum Gasteiger partial charge on any atom is 0.261 e. The van der Waals surface area contributed by atoms with E-state index in [1.54, 1.807) is 48.5 Å². The summed E-state index contributed by atoms with van der Waals surface area (Å²) in [7, 11) is 0. The SMILES string of the molecule is C[C@H](CN)c1ccc(F)cc1.C[C@H](CN1C(=O)c2ccccc2C1=O)c1ccc(F)cc1. The monoisotopic (exact) mass is 436 g/mol. The fraction of sp³-hybridized carbons (Fsp3) is 0.231. The smallest absolute Gasteiger partial charge is 0.261 e. The van der Waals surface area contributed by atoms with Crippen molar-refractivity contribution < 1.29 is 18.4 Å². The van der Waals surface area contributed by atoms with E-state index in [1.165, 1.54) is 29.2 Å². The fourth-order valence-electron chi connectivity index (χ4n) is 3.50. The maximum absolute atomic E-state index is 12.9. The zero-order valence-corrected chi connectivity index (χ0v) is 18.1. The highest BCUT2D eigenvalue weighted by molar-refractivity contribution is 6.21. The molecule has 1 aliphatic rings. The molecule has 1 heterocycles. The van der Waals surface area contributed by atoms with E-state index >= 15 is 0 Å². The van der Waals surface area contributed by atoms with Crippen molar-refractivity contribution in [1.82, 2.24) is 4.90 Å². The second kappa shape index (κ2) is 10.3. The van der Waals surface area contributed by atoms with Gasteiger partial charge in [0.15, 0.2) is 0 Å². The standard InChI is InChI=1S/C17H14FNO2.C9H12FN/c1-11(12-6-8-13(18)9-7-12)10-19-16(20)14-4-2-3-5-15(14)17(19)21;1-7(6-11)8-2-4-9(10)5-3-8/h2-9,11H,10H2,1H3;2-5,7H,6,11H2,1H3/t11-;7-/m11/s1. The number of hydrogen-bond acceptors (Lipinski definition) is 3. The fourth-order valence-corrected chi connectivity index (χ4v) is 3.50. The first-order valence-corrected chi connectivity index (χ1v) is 10.5. The van der Waals surface area contributed by atoms with Crippen molar-refractivity contribution >= 4 is 11.8 Å². The van der Waals surface area contributed by atoms with Crippen molar-refractivity contribution in [2.45, 2.75) is 25.7 Å². The summed E-state index contributed by atoms with van der Waals surface area (Å²) in [6.07, 6.45) is 0. The van der Waals surface area contributed by atoms with Gasteiger partial charge in [0, 0.05) is 6.54 Å². The Bertz CT molecular complexity index is 1050. The Morgan fingerprint density at radius 2 is 1.12 bits per heavy atom. The number of amides is 2. The van der Waals surface area contributed by atoms with Crippen molar-refractivity contribution in [1.29, 1.82) is 0 Å². The van der Waals surface area contributed by atoms with Gasteiger partial charge in [-0.25, -0.2) is 8.78 Å². The van der Waals surface area contributed by atoms with Crippen LogP contribution in [0.1, 0.15) is 57.5 Å². The zero-order valence-electron chi connectivity index (χ0n) is 18.1. The Balaban J connectivity index is 0.000000222. The van der Waals surface area contributed by atoms with Crippen LogP contribution in [0.15, 0.2) is 72.8 Å². The predicted molar refractivity (Wildman–Crippen MR) is 120 cm³/mol. The quantitative estimate of drug-likeness (QED) is 0.565. The molecular formula is C26H26F2N2O2. The summed E-state index contributed by atoms with van der Waals surface area (Å²) in [6, 6.07) is 19.4. The number of fused-ring (bicyclic) bond motifs is 1. The van der Waals surface area contributed by atoms with Gasteiger partial charge in [-0.2, -0.15) is 0 Å². The predicted octanol–water partition coefficient (Wildman–Crippen LogP) is 5.11. The first-order valence-electron chi connectivity index (χ1n) is 10.5. The lowest BCUT2D eigenvalue weighted by Gasteiger charge is -2.19. The van der Waals surface area contributed by atoms with Crippen LogP contribution in [0, 0.1) is 11.6 Å². The molecule has 2 amide bonds. The van der Waals surface area contributed by atoms with E-state index in [4.69, 9.17) is 5.73 Å². The molecule has 0 aliphatic carbocycles. The van der Waals surface area contributed by atoms with Crippen LogP contribution in [0.25, 0.3) is 0 Å². The number of hydrogen-bond donors (Lipinski definition) is 1. The Labute approximate surface area is 186 Å². The molecular weight excluding hydrogens is 410 g/mol. The third kappa shape index (κ3) is 5.26. The molecule has 2 atom stereocenters. The molecule has 3 aromatic carbocycles. The average molecular weight is 437 g/mol. The summed E-state index contributed by atoms with van der Waals surface area (Å²) >= 11 is 0. The molecule has 0 saturated carbocycles. The summed E-state index contributed by atoms with van der Waals surface area (Å²) in [4.78, 5) is 25.8. The topological polar surface area (TPSA) is 63.4 Å². The molecule has 1 aliphatic heterocycles. The molecule has 4 nitrogen and oxygen atoms in total. The Morgan fingerprint density at radius 1 is 0.719 bits per heavy atom. The van der Waals surface area contributed by atoms with Crippen LogP contribution in [0.4, 0.5) is 8.78 Å². The van der Waals surface area contributed by atoms with Crippen molar-refractivity contribution in [2.24, 2.45) is 5.73 Å². The molecule has 0 unspecified atom stereocenters.